The Morgan fingerprint density at radius 1 is 0.833 bits per heavy atom. The van der Waals surface area contributed by atoms with Crippen LogP contribution >= 0.6 is 0 Å². The van der Waals surface area contributed by atoms with Gasteiger partial charge < -0.3 is 24.5 Å². The third-order valence-electron chi connectivity index (χ3n) is 1.43. The van der Waals surface area contributed by atoms with Gasteiger partial charge in [-0.2, -0.15) is 0 Å². The maximum absolute atomic E-state index is 10.2. The maximum Gasteiger partial charge on any atom is 4.00 e. The molecule has 2 aromatic rings. The second-order valence-electron chi connectivity index (χ2n) is 2.57. The molecule has 0 aliphatic heterocycles. The summed E-state index contributed by atoms with van der Waals surface area (Å²) in [6.07, 6.45) is 4.10. The fourth-order valence-electron chi connectivity index (χ4n) is 0.685. The zero-order valence-electron chi connectivity index (χ0n) is 8.77. The van der Waals surface area contributed by atoms with Gasteiger partial charge in [-0.05, 0) is 11.5 Å². The first kappa shape index (κ1) is 18.4. The second-order valence-corrected chi connectivity index (χ2v) is 2.57. The van der Waals surface area contributed by atoms with Crippen LogP contribution in [0.1, 0.15) is 0 Å². The maximum atomic E-state index is 10.2. The summed E-state index contributed by atoms with van der Waals surface area (Å²) < 4.78 is 8.75. The number of rotatable bonds is 0. The van der Waals surface area contributed by atoms with Gasteiger partial charge in [0.1, 0.15) is 0 Å². The molecule has 2 heterocycles. The molecule has 18 heavy (non-hydrogen) atoms. The van der Waals surface area contributed by atoms with Crippen molar-refractivity contribution >= 4 is 0 Å². The third kappa shape index (κ3) is 5.95. The second kappa shape index (κ2) is 9.11. The molecular formula is C10H6O7V. The summed E-state index contributed by atoms with van der Waals surface area (Å²) in [7, 11) is 0. The first-order valence-corrected chi connectivity index (χ1v) is 4.08. The molecule has 0 aromatic carbocycles. The van der Waals surface area contributed by atoms with Crippen molar-refractivity contribution in [3.63, 3.8) is 0 Å². The molecule has 0 unspecified atom stereocenters. The Bertz CT molecular complexity index is 509. The number of hydrogen-bond donors (Lipinski definition) is 0. The van der Waals surface area contributed by atoms with E-state index in [9.17, 15) is 19.8 Å². The summed E-state index contributed by atoms with van der Waals surface area (Å²) in [6, 6.07) is 2.17. The van der Waals surface area contributed by atoms with Gasteiger partial charge in [0.05, 0.1) is 25.1 Å². The summed E-state index contributed by atoms with van der Waals surface area (Å²) in [5.41, 5.74) is -1.06. The van der Waals surface area contributed by atoms with Crippen LogP contribution < -0.4 is 21.1 Å². The van der Waals surface area contributed by atoms with Gasteiger partial charge in [-0.1, -0.05) is 0 Å². The molecule has 0 aliphatic carbocycles. The molecule has 0 atom stereocenters. The molecule has 0 fully saturated rings. The average Bonchev–Trinajstić information content (AvgIpc) is 2.28. The van der Waals surface area contributed by atoms with Crippen molar-refractivity contribution in [3.05, 3.63) is 57.6 Å². The Labute approximate surface area is 113 Å². The van der Waals surface area contributed by atoms with Crippen molar-refractivity contribution in [1.82, 2.24) is 0 Å². The van der Waals surface area contributed by atoms with E-state index in [0.29, 0.717) is 0 Å². The zero-order valence-corrected chi connectivity index (χ0v) is 10.2. The van der Waals surface area contributed by atoms with Crippen molar-refractivity contribution in [1.29, 1.82) is 0 Å². The average molecular weight is 289 g/mol. The van der Waals surface area contributed by atoms with Gasteiger partial charge in [-0.3, -0.25) is 9.59 Å². The van der Waals surface area contributed by atoms with Gasteiger partial charge in [-0.15, -0.1) is 0 Å². The van der Waals surface area contributed by atoms with E-state index in [1.807, 2.05) is 0 Å². The van der Waals surface area contributed by atoms with Crippen molar-refractivity contribution in [2.75, 3.05) is 0 Å². The molecule has 1 radical (unpaired) electrons. The van der Waals surface area contributed by atoms with Crippen LogP contribution in [-0.2, 0) is 24.0 Å². The molecule has 0 bridgehead atoms. The first-order chi connectivity index (χ1) is 7.61. The fraction of sp³-hybridized carbons (Fsp3) is 0. The van der Waals surface area contributed by atoms with E-state index in [0.717, 1.165) is 24.7 Å². The Morgan fingerprint density at radius 2 is 1.17 bits per heavy atom. The van der Waals surface area contributed by atoms with Gasteiger partial charge in [0.2, 0.25) is 0 Å². The van der Waals surface area contributed by atoms with Gasteiger partial charge in [0.15, 0.2) is 10.9 Å². The Balaban J connectivity index is 0. The van der Waals surface area contributed by atoms with Crippen molar-refractivity contribution in [2.45, 2.75) is 0 Å². The largest absolute Gasteiger partial charge is 4.00 e. The Morgan fingerprint density at radius 3 is 1.33 bits per heavy atom. The molecule has 0 N–H and O–H groups in total. The van der Waals surface area contributed by atoms with E-state index < -0.39 is 22.4 Å². The van der Waals surface area contributed by atoms with E-state index in [1.54, 1.807) is 0 Å². The molecule has 8 heteroatoms. The topological polar surface area (TPSA) is 135 Å². The fourth-order valence-corrected chi connectivity index (χ4v) is 0.685. The van der Waals surface area contributed by atoms with Gasteiger partial charge >= 0.3 is 18.6 Å². The summed E-state index contributed by atoms with van der Waals surface area (Å²) in [4.78, 5) is 20.5. The van der Waals surface area contributed by atoms with Crippen molar-refractivity contribution < 1.29 is 43.1 Å². The summed E-state index contributed by atoms with van der Waals surface area (Å²) >= 11 is 0. The predicted octanol–water partition coefficient (Wildman–Crippen LogP) is -0.695. The van der Waals surface area contributed by atoms with E-state index in [4.69, 9.17) is 0 Å². The quantitative estimate of drug-likeness (QED) is 0.629. The SMILES string of the molecule is O=c1ccocc1[O-].O=c1ccocc1[O-].[O-2].[V+4]. The van der Waals surface area contributed by atoms with Crippen LogP contribution in [0.5, 0.6) is 11.5 Å². The Hall–Kier alpha value is -1.96. The molecule has 0 spiro atoms. The summed E-state index contributed by atoms with van der Waals surface area (Å²) in [5, 5.41) is 20.4. The molecule has 0 saturated heterocycles. The minimum absolute atomic E-state index is 0. The monoisotopic (exact) mass is 289 g/mol. The summed E-state index contributed by atoms with van der Waals surface area (Å²) in [5.74, 6) is -1.21. The first-order valence-electron chi connectivity index (χ1n) is 4.08. The normalized spacial score (nSPS) is 8.00. The van der Waals surface area contributed by atoms with Crippen LogP contribution in [0.25, 0.3) is 0 Å². The van der Waals surface area contributed by atoms with Crippen LogP contribution in [0.4, 0.5) is 0 Å². The minimum Gasteiger partial charge on any atom is -2.00 e. The van der Waals surface area contributed by atoms with Crippen molar-refractivity contribution in [3.8, 4) is 11.5 Å². The van der Waals surface area contributed by atoms with Crippen LogP contribution in [0.2, 0.25) is 0 Å². The smallest absolute Gasteiger partial charge is 2.00 e. The zero-order chi connectivity index (χ0) is 12.0. The van der Waals surface area contributed by atoms with E-state index in [2.05, 4.69) is 8.83 Å². The molecule has 7 nitrogen and oxygen atoms in total. The van der Waals surface area contributed by atoms with E-state index in [1.165, 1.54) is 12.5 Å². The van der Waals surface area contributed by atoms with E-state index in [-0.39, 0.29) is 24.0 Å². The molecule has 0 saturated carbocycles. The number of hydrogen-bond acceptors (Lipinski definition) is 6. The van der Waals surface area contributed by atoms with Crippen LogP contribution in [0.3, 0.4) is 0 Å². The van der Waals surface area contributed by atoms with Crippen LogP contribution in [0, 0.1) is 0 Å². The minimum atomic E-state index is -0.604. The molecule has 0 aliphatic rings. The van der Waals surface area contributed by atoms with Crippen molar-refractivity contribution in [2.24, 2.45) is 0 Å². The van der Waals surface area contributed by atoms with Crippen LogP contribution in [-0.4, -0.2) is 0 Å². The molecule has 2 rings (SSSR count). The molecule has 93 valence electrons. The van der Waals surface area contributed by atoms with Gasteiger partial charge in [0.25, 0.3) is 0 Å². The van der Waals surface area contributed by atoms with Gasteiger partial charge in [0, 0.05) is 12.1 Å². The predicted molar refractivity (Wildman–Crippen MR) is 49.5 cm³/mol. The molecular weight excluding hydrogens is 283 g/mol. The van der Waals surface area contributed by atoms with Crippen LogP contribution in [0.15, 0.2) is 55.6 Å². The standard InChI is InChI=1S/2C5H4O3.O.V/c2*6-4-1-2-8-3-5(4)7;;/h2*1-3,7H;;/q;;-2;+4/p-2. The molecule has 2 aromatic heterocycles. The molecule has 0 amide bonds. The van der Waals surface area contributed by atoms with Gasteiger partial charge in [-0.25, -0.2) is 0 Å². The summed E-state index contributed by atoms with van der Waals surface area (Å²) in [6.45, 7) is 0. The Kier molecular flexibility index (Phi) is 9.32. The third-order valence-corrected chi connectivity index (χ3v) is 1.43. The van der Waals surface area contributed by atoms with E-state index >= 15 is 0 Å².